The maximum Gasteiger partial charge on any atom is 0.274 e. The van der Waals surface area contributed by atoms with E-state index in [1.807, 2.05) is 43.0 Å². The fraction of sp³-hybridized carbons (Fsp3) is 0.520. The molecule has 0 radical (unpaired) electrons. The summed E-state index contributed by atoms with van der Waals surface area (Å²) in [7, 11) is 0. The molecule has 0 spiro atoms. The molecule has 1 N–H and O–H groups in total. The Balaban J connectivity index is 1.41. The van der Waals surface area contributed by atoms with Crippen LogP contribution in [-0.2, 0) is 17.9 Å². The van der Waals surface area contributed by atoms with Gasteiger partial charge >= 0.3 is 0 Å². The van der Waals surface area contributed by atoms with E-state index in [1.54, 1.807) is 15.6 Å². The van der Waals surface area contributed by atoms with Gasteiger partial charge in [-0.05, 0) is 50.2 Å². The summed E-state index contributed by atoms with van der Waals surface area (Å²) in [5.41, 5.74) is 2.98. The number of hydrogen-bond acceptors (Lipinski definition) is 4. The van der Waals surface area contributed by atoms with Crippen LogP contribution >= 0.6 is 0 Å². The lowest BCUT2D eigenvalue weighted by molar-refractivity contribution is -0.121. The predicted octanol–water partition coefficient (Wildman–Crippen LogP) is 2.62. The van der Waals surface area contributed by atoms with E-state index in [9.17, 15) is 14.4 Å². The van der Waals surface area contributed by atoms with Crippen molar-refractivity contribution >= 4 is 17.7 Å². The largest absolute Gasteiger partial charge is 0.356 e. The second-order valence-electron chi connectivity index (χ2n) is 9.03. The van der Waals surface area contributed by atoms with Crippen LogP contribution in [0, 0.1) is 12.8 Å². The van der Waals surface area contributed by atoms with Crippen molar-refractivity contribution in [3.8, 4) is 0 Å². The van der Waals surface area contributed by atoms with E-state index in [1.165, 1.54) is 12.8 Å². The van der Waals surface area contributed by atoms with Crippen LogP contribution in [0.4, 0.5) is 0 Å². The van der Waals surface area contributed by atoms with E-state index in [0.29, 0.717) is 44.3 Å². The van der Waals surface area contributed by atoms with Crippen LogP contribution in [0.25, 0.3) is 0 Å². The molecule has 1 saturated carbocycles. The average Bonchev–Trinajstić information content (AvgIpc) is 3.57. The van der Waals surface area contributed by atoms with Gasteiger partial charge in [0.15, 0.2) is 5.69 Å². The molecule has 2 aromatic rings. The summed E-state index contributed by atoms with van der Waals surface area (Å²) in [4.78, 5) is 41.9. The number of nitrogens with one attached hydrogen (secondary N) is 1. The molecule has 0 atom stereocenters. The number of aryl methyl sites for hydroxylation is 2. The van der Waals surface area contributed by atoms with Crippen molar-refractivity contribution in [3.63, 3.8) is 0 Å². The third kappa shape index (κ3) is 5.61. The lowest BCUT2D eigenvalue weighted by Crippen LogP contribution is -2.36. The van der Waals surface area contributed by atoms with Gasteiger partial charge in [-0.3, -0.25) is 19.1 Å². The first-order valence-electron chi connectivity index (χ1n) is 11.9. The maximum atomic E-state index is 13.3. The highest BCUT2D eigenvalue weighted by molar-refractivity contribution is 5.98. The molecular formula is C25H33N5O3. The summed E-state index contributed by atoms with van der Waals surface area (Å²) in [6, 6.07) is 9.67. The first-order chi connectivity index (χ1) is 16.0. The maximum absolute atomic E-state index is 13.3. The zero-order valence-corrected chi connectivity index (χ0v) is 19.5. The fourth-order valence-electron chi connectivity index (χ4n) is 4.15. The Labute approximate surface area is 194 Å². The summed E-state index contributed by atoms with van der Waals surface area (Å²) in [6.45, 7) is 7.25. The van der Waals surface area contributed by atoms with Crippen molar-refractivity contribution in [2.75, 3.05) is 26.2 Å². The third-order valence-corrected chi connectivity index (χ3v) is 6.49. The molecule has 8 heteroatoms. The average molecular weight is 452 g/mol. The molecule has 1 aromatic heterocycles. The first-order valence-corrected chi connectivity index (χ1v) is 11.9. The number of nitrogens with zero attached hydrogens (tertiary/aromatic N) is 4. The van der Waals surface area contributed by atoms with E-state index in [4.69, 9.17) is 0 Å². The van der Waals surface area contributed by atoms with Crippen LogP contribution in [0.2, 0.25) is 0 Å². The zero-order chi connectivity index (χ0) is 23.4. The van der Waals surface area contributed by atoms with Gasteiger partial charge in [0, 0.05) is 51.8 Å². The SMILES string of the molecule is CCN(CCC(=O)NCC1CC1)C(=O)c1cc2n(n1)CCCN(Cc1ccccc1C)C2=O. The molecule has 8 nitrogen and oxygen atoms in total. The van der Waals surface area contributed by atoms with Crippen molar-refractivity contribution in [2.24, 2.45) is 5.92 Å². The molecular weight excluding hydrogens is 418 g/mol. The summed E-state index contributed by atoms with van der Waals surface area (Å²) < 4.78 is 1.66. The third-order valence-electron chi connectivity index (χ3n) is 6.49. The van der Waals surface area contributed by atoms with Crippen LogP contribution in [0.15, 0.2) is 30.3 Å². The van der Waals surface area contributed by atoms with Crippen LogP contribution in [-0.4, -0.2) is 63.5 Å². The van der Waals surface area contributed by atoms with Gasteiger partial charge in [-0.2, -0.15) is 5.10 Å². The highest BCUT2D eigenvalue weighted by Crippen LogP contribution is 2.27. The highest BCUT2D eigenvalue weighted by atomic mass is 16.2. The number of hydrogen-bond donors (Lipinski definition) is 1. The minimum atomic E-state index is -0.244. The van der Waals surface area contributed by atoms with Crippen molar-refractivity contribution in [1.82, 2.24) is 24.9 Å². The molecule has 176 valence electrons. The summed E-state index contributed by atoms with van der Waals surface area (Å²) >= 11 is 0. The topological polar surface area (TPSA) is 87.5 Å². The smallest absolute Gasteiger partial charge is 0.274 e. The molecule has 0 bridgehead atoms. The van der Waals surface area contributed by atoms with Crippen LogP contribution in [0.5, 0.6) is 0 Å². The molecule has 33 heavy (non-hydrogen) atoms. The van der Waals surface area contributed by atoms with Gasteiger partial charge in [-0.1, -0.05) is 24.3 Å². The lowest BCUT2D eigenvalue weighted by Gasteiger charge is -2.21. The molecule has 3 amide bonds. The second kappa shape index (κ2) is 10.2. The first kappa shape index (κ1) is 23.0. The van der Waals surface area contributed by atoms with E-state index in [-0.39, 0.29) is 29.8 Å². The highest BCUT2D eigenvalue weighted by Gasteiger charge is 2.28. The quantitative estimate of drug-likeness (QED) is 0.635. The van der Waals surface area contributed by atoms with Gasteiger partial charge < -0.3 is 15.1 Å². The van der Waals surface area contributed by atoms with E-state index in [0.717, 1.165) is 24.1 Å². The number of aromatic nitrogens is 2. The molecule has 2 heterocycles. The molecule has 0 saturated heterocycles. The molecule has 1 aliphatic carbocycles. The van der Waals surface area contributed by atoms with Gasteiger partial charge in [-0.15, -0.1) is 0 Å². The minimum absolute atomic E-state index is 0.0317. The molecule has 2 aliphatic rings. The van der Waals surface area contributed by atoms with Gasteiger partial charge in [-0.25, -0.2) is 0 Å². The normalized spacial score (nSPS) is 15.7. The number of carbonyl (C=O) groups is 3. The summed E-state index contributed by atoms with van der Waals surface area (Å²) in [6.07, 6.45) is 3.42. The zero-order valence-electron chi connectivity index (χ0n) is 19.5. The second-order valence-corrected chi connectivity index (χ2v) is 9.03. The molecule has 0 unspecified atom stereocenters. The van der Waals surface area contributed by atoms with Crippen molar-refractivity contribution < 1.29 is 14.4 Å². The van der Waals surface area contributed by atoms with Gasteiger partial charge in [0.25, 0.3) is 11.8 Å². The van der Waals surface area contributed by atoms with Gasteiger partial charge in [0.1, 0.15) is 5.69 Å². The van der Waals surface area contributed by atoms with E-state index >= 15 is 0 Å². The summed E-state index contributed by atoms with van der Waals surface area (Å²) in [5.74, 6) is 0.244. The Morgan fingerprint density at radius 3 is 2.73 bits per heavy atom. The Bertz CT molecular complexity index is 1030. The van der Waals surface area contributed by atoms with Gasteiger partial charge in [0.05, 0.1) is 0 Å². The number of rotatable bonds is 9. The summed E-state index contributed by atoms with van der Waals surface area (Å²) in [5, 5.41) is 7.40. The van der Waals surface area contributed by atoms with Crippen molar-refractivity contribution in [2.45, 2.75) is 52.6 Å². The lowest BCUT2D eigenvalue weighted by atomic mass is 10.1. The van der Waals surface area contributed by atoms with Crippen molar-refractivity contribution in [3.05, 3.63) is 52.8 Å². The number of fused-ring (bicyclic) bond motifs is 1. The predicted molar refractivity (Wildman–Crippen MR) is 125 cm³/mol. The van der Waals surface area contributed by atoms with E-state index in [2.05, 4.69) is 10.4 Å². The Kier molecular flexibility index (Phi) is 7.11. The molecule has 1 fully saturated rings. The standard InChI is InChI=1S/C25H33N5O3/c1-3-28(14-11-23(31)26-16-19-9-10-19)24(32)21-15-22-25(33)29(12-6-13-30(22)27-21)17-20-8-5-4-7-18(20)2/h4-5,7-8,15,19H,3,6,9-14,16-17H2,1-2H3,(H,26,31). The Morgan fingerprint density at radius 1 is 1.21 bits per heavy atom. The molecule has 4 rings (SSSR count). The molecule has 1 aromatic carbocycles. The fourth-order valence-corrected chi connectivity index (χ4v) is 4.15. The van der Waals surface area contributed by atoms with E-state index < -0.39 is 0 Å². The monoisotopic (exact) mass is 451 g/mol. The van der Waals surface area contributed by atoms with Crippen molar-refractivity contribution in [1.29, 1.82) is 0 Å². The van der Waals surface area contributed by atoms with Crippen LogP contribution < -0.4 is 5.32 Å². The van der Waals surface area contributed by atoms with Crippen LogP contribution in [0.1, 0.15) is 64.7 Å². The molecule has 1 aliphatic heterocycles. The Hall–Kier alpha value is -3.16. The number of carbonyl (C=O) groups excluding carboxylic acids is 3. The number of amides is 3. The Morgan fingerprint density at radius 2 is 2.00 bits per heavy atom. The van der Waals surface area contributed by atoms with Crippen LogP contribution in [0.3, 0.4) is 0 Å². The number of benzene rings is 1. The van der Waals surface area contributed by atoms with Gasteiger partial charge in [0.2, 0.25) is 5.91 Å². The minimum Gasteiger partial charge on any atom is -0.356 e.